The molecule has 0 aliphatic rings. The van der Waals surface area contributed by atoms with Gasteiger partial charge in [0.15, 0.2) is 0 Å². The Kier molecular flexibility index (Phi) is 5.04. The lowest BCUT2D eigenvalue weighted by Gasteiger charge is -2.11. The summed E-state index contributed by atoms with van der Waals surface area (Å²) in [5.41, 5.74) is 1.61. The van der Waals surface area contributed by atoms with Crippen LogP contribution < -0.4 is 10.6 Å². The normalized spacial score (nSPS) is 10.3. The molecule has 6 heteroatoms. The largest absolute Gasteiger partial charge is 0.370 e. The van der Waals surface area contributed by atoms with Gasteiger partial charge in [0.1, 0.15) is 11.5 Å². The van der Waals surface area contributed by atoms with E-state index in [1.807, 2.05) is 13.8 Å². The number of nitrogens with one attached hydrogen (secondary N) is 2. The Bertz CT molecular complexity index is 674. The molecule has 0 saturated heterocycles. The fourth-order valence-corrected chi connectivity index (χ4v) is 2.17. The number of halogens is 2. The number of pyridine rings is 1. The van der Waals surface area contributed by atoms with Gasteiger partial charge in [-0.05, 0) is 43.7 Å². The zero-order chi connectivity index (χ0) is 15.4. The van der Waals surface area contributed by atoms with Gasteiger partial charge in [0, 0.05) is 17.3 Å². The Hall–Kier alpha value is -1.78. The third-order valence-corrected chi connectivity index (χ3v) is 3.65. The van der Waals surface area contributed by atoms with Crippen molar-refractivity contribution in [2.75, 3.05) is 17.2 Å². The highest BCUT2D eigenvalue weighted by Gasteiger charge is 2.15. The Labute approximate surface area is 133 Å². The van der Waals surface area contributed by atoms with Crippen LogP contribution in [0.15, 0.2) is 30.3 Å². The van der Waals surface area contributed by atoms with Gasteiger partial charge in [-0.15, -0.1) is 0 Å². The highest BCUT2D eigenvalue weighted by molar-refractivity contribution is 6.34. The monoisotopic (exact) mass is 323 g/mol. The second-order valence-corrected chi connectivity index (χ2v) is 5.24. The molecule has 0 atom stereocenters. The second kappa shape index (κ2) is 6.78. The van der Waals surface area contributed by atoms with E-state index in [1.165, 1.54) is 0 Å². The number of benzene rings is 1. The van der Waals surface area contributed by atoms with E-state index in [0.29, 0.717) is 28.1 Å². The molecule has 0 radical (unpaired) electrons. The van der Waals surface area contributed by atoms with Crippen molar-refractivity contribution in [3.63, 3.8) is 0 Å². The van der Waals surface area contributed by atoms with E-state index in [-0.39, 0.29) is 11.6 Å². The number of carbonyl (C=O) groups excluding carboxylic acids is 1. The van der Waals surface area contributed by atoms with Crippen LogP contribution in [0.4, 0.5) is 11.5 Å². The summed E-state index contributed by atoms with van der Waals surface area (Å²) in [6, 6.07) is 8.69. The zero-order valence-corrected chi connectivity index (χ0v) is 13.2. The van der Waals surface area contributed by atoms with Crippen molar-refractivity contribution in [1.29, 1.82) is 0 Å². The molecule has 1 aromatic carbocycles. The minimum atomic E-state index is -0.370. The Morgan fingerprint density at radius 3 is 2.67 bits per heavy atom. The number of hydrogen-bond acceptors (Lipinski definition) is 3. The van der Waals surface area contributed by atoms with Crippen molar-refractivity contribution >= 4 is 40.6 Å². The van der Waals surface area contributed by atoms with Gasteiger partial charge in [-0.25, -0.2) is 4.98 Å². The minimum absolute atomic E-state index is 0.175. The van der Waals surface area contributed by atoms with Crippen molar-refractivity contribution in [3.05, 3.63) is 51.6 Å². The number of aromatic nitrogens is 1. The number of amides is 1. The van der Waals surface area contributed by atoms with E-state index in [2.05, 4.69) is 15.6 Å². The minimum Gasteiger partial charge on any atom is -0.370 e. The molecule has 21 heavy (non-hydrogen) atoms. The number of carbonyl (C=O) groups is 1. The highest BCUT2D eigenvalue weighted by Crippen LogP contribution is 2.24. The van der Waals surface area contributed by atoms with Gasteiger partial charge >= 0.3 is 0 Å². The molecule has 0 fully saturated rings. The predicted molar refractivity (Wildman–Crippen MR) is 87.6 cm³/mol. The Morgan fingerprint density at radius 2 is 1.95 bits per heavy atom. The Morgan fingerprint density at radius 1 is 1.19 bits per heavy atom. The first-order valence-corrected chi connectivity index (χ1v) is 7.25. The first-order valence-electron chi connectivity index (χ1n) is 6.49. The first-order chi connectivity index (χ1) is 10.0. The van der Waals surface area contributed by atoms with E-state index in [1.54, 1.807) is 30.3 Å². The first kappa shape index (κ1) is 15.6. The molecule has 1 heterocycles. The van der Waals surface area contributed by atoms with Gasteiger partial charge in [-0.2, -0.15) is 0 Å². The molecule has 1 amide bonds. The van der Waals surface area contributed by atoms with E-state index >= 15 is 0 Å². The maximum absolute atomic E-state index is 12.3. The van der Waals surface area contributed by atoms with Crippen LogP contribution in [0.3, 0.4) is 0 Å². The standard InChI is InChI=1S/C15H15Cl2N3O/c1-3-18-13-8-7-11(17)14(20-13)15(21)19-12-6-4-5-10(16)9(12)2/h4-8H,3H2,1-2H3,(H,18,20)(H,19,21). The van der Waals surface area contributed by atoms with Gasteiger partial charge in [0.05, 0.1) is 5.02 Å². The highest BCUT2D eigenvalue weighted by atomic mass is 35.5. The fraction of sp³-hybridized carbons (Fsp3) is 0.200. The van der Waals surface area contributed by atoms with Gasteiger partial charge in [0.2, 0.25) is 0 Å². The summed E-state index contributed by atoms with van der Waals surface area (Å²) in [5, 5.41) is 6.71. The molecule has 2 rings (SSSR count). The van der Waals surface area contributed by atoms with Crippen molar-refractivity contribution < 1.29 is 4.79 Å². The summed E-state index contributed by atoms with van der Waals surface area (Å²) in [7, 11) is 0. The number of anilines is 2. The van der Waals surface area contributed by atoms with Crippen LogP contribution in [-0.2, 0) is 0 Å². The summed E-state index contributed by atoms with van der Waals surface area (Å²) < 4.78 is 0. The number of rotatable bonds is 4. The van der Waals surface area contributed by atoms with Gasteiger partial charge in [-0.1, -0.05) is 29.3 Å². The molecule has 4 nitrogen and oxygen atoms in total. The van der Waals surface area contributed by atoms with Crippen LogP contribution in [-0.4, -0.2) is 17.4 Å². The molecule has 0 bridgehead atoms. The predicted octanol–water partition coefficient (Wildman–Crippen LogP) is 4.38. The molecule has 2 aromatic rings. The summed E-state index contributed by atoms with van der Waals surface area (Å²) in [6.45, 7) is 4.50. The van der Waals surface area contributed by atoms with Crippen LogP contribution in [0, 0.1) is 6.92 Å². The Balaban J connectivity index is 2.28. The van der Waals surface area contributed by atoms with Crippen molar-refractivity contribution in [2.24, 2.45) is 0 Å². The SMILES string of the molecule is CCNc1ccc(Cl)c(C(=O)Nc2cccc(Cl)c2C)n1. The van der Waals surface area contributed by atoms with Crippen LogP contribution in [0.25, 0.3) is 0 Å². The molecule has 0 spiro atoms. The molecule has 0 aliphatic carbocycles. The summed E-state index contributed by atoms with van der Waals surface area (Å²) in [6.07, 6.45) is 0. The smallest absolute Gasteiger partial charge is 0.275 e. The van der Waals surface area contributed by atoms with Gasteiger partial charge < -0.3 is 10.6 Å². The van der Waals surface area contributed by atoms with Crippen molar-refractivity contribution in [2.45, 2.75) is 13.8 Å². The average Bonchev–Trinajstić information content (AvgIpc) is 2.46. The van der Waals surface area contributed by atoms with Crippen LogP contribution >= 0.6 is 23.2 Å². The zero-order valence-electron chi connectivity index (χ0n) is 11.7. The maximum Gasteiger partial charge on any atom is 0.275 e. The van der Waals surface area contributed by atoms with Crippen LogP contribution in [0.1, 0.15) is 23.0 Å². The molecule has 2 N–H and O–H groups in total. The van der Waals surface area contributed by atoms with Gasteiger partial charge in [-0.3, -0.25) is 4.79 Å². The molecule has 110 valence electrons. The summed E-state index contributed by atoms with van der Waals surface area (Å²) in [5.74, 6) is 0.236. The molecular formula is C15H15Cl2N3O. The van der Waals surface area contributed by atoms with E-state index < -0.39 is 0 Å². The molecular weight excluding hydrogens is 309 g/mol. The lowest BCUT2D eigenvalue weighted by molar-refractivity contribution is 0.102. The van der Waals surface area contributed by atoms with E-state index in [9.17, 15) is 4.79 Å². The lowest BCUT2D eigenvalue weighted by atomic mass is 10.2. The second-order valence-electron chi connectivity index (χ2n) is 4.42. The quantitative estimate of drug-likeness (QED) is 0.877. The van der Waals surface area contributed by atoms with E-state index in [0.717, 1.165) is 5.56 Å². The van der Waals surface area contributed by atoms with Crippen LogP contribution in [0.5, 0.6) is 0 Å². The van der Waals surface area contributed by atoms with Crippen molar-refractivity contribution in [1.82, 2.24) is 4.98 Å². The van der Waals surface area contributed by atoms with Crippen molar-refractivity contribution in [3.8, 4) is 0 Å². The average molecular weight is 324 g/mol. The molecule has 0 unspecified atom stereocenters. The molecule has 1 aromatic heterocycles. The summed E-state index contributed by atoms with van der Waals surface area (Å²) in [4.78, 5) is 16.5. The number of nitrogens with zero attached hydrogens (tertiary/aromatic N) is 1. The van der Waals surface area contributed by atoms with Crippen LogP contribution in [0.2, 0.25) is 10.0 Å². The summed E-state index contributed by atoms with van der Waals surface area (Å²) >= 11 is 12.1. The molecule has 0 saturated carbocycles. The maximum atomic E-state index is 12.3. The topological polar surface area (TPSA) is 54.0 Å². The van der Waals surface area contributed by atoms with Gasteiger partial charge in [0.25, 0.3) is 5.91 Å². The molecule has 0 aliphatic heterocycles. The fourth-order valence-electron chi connectivity index (χ4n) is 1.81. The van der Waals surface area contributed by atoms with E-state index in [4.69, 9.17) is 23.2 Å². The third kappa shape index (κ3) is 3.65. The third-order valence-electron chi connectivity index (χ3n) is 2.93. The number of hydrogen-bond donors (Lipinski definition) is 2. The lowest BCUT2D eigenvalue weighted by Crippen LogP contribution is -2.16.